The zero-order valence-corrected chi connectivity index (χ0v) is 12.9. The van der Waals surface area contributed by atoms with Gasteiger partial charge in [0, 0.05) is 19.3 Å². The smallest absolute Gasteiger partial charge is 0.335 e. The summed E-state index contributed by atoms with van der Waals surface area (Å²) in [4.78, 5) is 11.2. The molecular formula is C14H19NO5S. The number of carboxylic acids is 1. The summed E-state index contributed by atoms with van der Waals surface area (Å²) < 4.78 is 32.8. The van der Waals surface area contributed by atoms with Gasteiger partial charge >= 0.3 is 5.97 Å². The molecule has 0 unspecified atom stereocenters. The predicted molar refractivity (Wildman–Crippen MR) is 77.0 cm³/mol. The second-order valence-electron chi connectivity index (χ2n) is 5.25. The molecule has 1 aliphatic heterocycles. The van der Waals surface area contributed by atoms with Crippen LogP contribution in [0.2, 0.25) is 0 Å². The topological polar surface area (TPSA) is 92.7 Å². The van der Waals surface area contributed by atoms with Crippen LogP contribution in [0.1, 0.15) is 34.3 Å². The van der Waals surface area contributed by atoms with Crippen LogP contribution >= 0.6 is 0 Å². The van der Waals surface area contributed by atoms with E-state index in [1.54, 1.807) is 19.9 Å². The number of rotatable bonds is 4. The molecule has 0 aromatic heterocycles. The Labute approximate surface area is 124 Å². The van der Waals surface area contributed by atoms with Crippen LogP contribution in [0.15, 0.2) is 17.0 Å². The molecule has 0 spiro atoms. The van der Waals surface area contributed by atoms with Gasteiger partial charge in [-0.3, -0.25) is 0 Å². The zero-order valence-electron chi connectivity index (χ0n) is 12.0. The monoisotopic (exact) mass is 313 g/mol. The van der Waals surface area contributed by atoms with Crippen LogP contribution in [0, 0.1) is 13.8 Å². The fraction of sp³-hybridized carbons (Fsp3) is 0.500. The lowest BCUT2D eigenvalue weighted by molar-refractivity contribution is 0.0696. The molecule has 0 saturated carbocycles. The number of carbonyl (C=O) groups is 1. The summed E-state index contributed by atoms with van der Waals surface area (Å²) in [6, 6.07) is 2.65. The first kappa shape index (κ1) is 15.9. The van der Waals surface area contributed by atoms with Crippen molar-refractivity contribution in [3.63, 3.8) is 0 Å². The SMILES string of the molecule is Cc1cc(C)c(S(=O)(=O)NC2CCOCC2)cc1C(=O)O. The van der Waals surface area contributed by atoms with Crippen molar-refractivity contribution >= 4 is 16.0 Å². The van der Waals surface area contributed by atoms with E-state index in [4.69, 9.17) is 9.84 Å². The molecule has 1 heterocycles. The number of aryl methyl sites for hydroxylation is 2. The van der Waals surface area contributed by atoms with Crippen LogP contribution < -0.4 is 4.72 Å². The van der Waals surface area contributed by atoms with Gasteiger partial charge in [0.15, 0.2) is 0 Å². The summed E-state index contributed by atoms with van der Waals surface area (Å²) >= 11 is 0. The molecule has 0 aliphatic carbocycles. The van der Waals surface area contributed by atoms with E-state index in [1.165, 1.54) is 6.07 Å². The van der Waals surface area contributed by atoms with E-state index in [-0.39, 0.29) is 16.5 Å². The summed E-state index contributed by atoms with van der Waals surface area (Å²) in [5, 5.41) is 9.14. The van der Waals surface area contributed by atoms with Gasteiger partial charge < -0.3 is 9.84 Å². The zero-order chi connectivity index (χ0) is 15.6. The van der Waals surface area contributed by atoms with Gasteiger partial charge in [0.05, 0.1) is 10.5 Å². The van der Waals surface area contributed by atoms with E-state index in [0.29, 0.717) is 37.2 Å². The molecule has 1 aliphatic rings. The third-order valence-electron chi connectivity index (χ3n) is 3.58. The lowest BCUT2D eigenvalue weighted by Gasteiger charge is -2.23. The van der Waals surface area contributed by atoms with Crippen molar-refractivity contribution in [2.75, 3.05) is 13.2 Å². The Balaban J connectivity index is 2.34. The Morgan fingerprint density at radius 3 is 2.43 bits per heavy atom. The van der Waals surface area contributed by atoms with E-state index in [0.717, 1.165) is 0 Å². The largest absolute Gasteiger partial charge is 0.478 e. The predicted octanol–water partition coefficient (Wildman–Crippen LogP) is 1.46. The first-order valence-electron chi connectivity index (χ1n) is 6.76. The summed E-state index contributed by atoms with van der Waals surface area (Å²) in [6.45, 7) is 4.37. The van der Waals surface area contributed by atoms with Gasteiger partial charge in [-0.25, -0.2) is 17.9 Å². The maximum atomic E-state index is 12.5. The Kier molecular flexibility index (Phi) is 4.65. The van der Waals surface area contributed by atoms with E-state index in [1.807, 2.05) is 0 Å². The summed E-state index contributed by atoms with van der Waals surface area (Å²) in [6.07, 6.45) is 1.24. The number of nitrogens with one attached hydrogen (secondary N) is 1. The van der Waals surface area contributed by atoms with E-state index in [9.17, 15) is 13.2 Å². The summed E-state index contributed by atoms with van der Waals surface area (Å²) in [5.41, 5.74) is 1.09. The summed E-state index contributed by atoms with van der Waals surface area (Å²) in [7, 11) is -3.73. The molecular weight excluding hydrogens is 294 g/mol. The number of sulfonamides is 1. The standard InChI is InChI=1S/C14H19NO5S/c1-9-7-10(2)13(8-12(9)14(16)17)21(18,19)15-11-3-5-20-6-4-11/h7-8,11,15H,3-6H2,1-2H3,(H,16,17). The van der Waals surface area contributed by atoms with Crippen LogP contribution in [0.25, 0.3) is 0 Å². The Bertz CT molecular complexity index is 648. The van der Waals surface area contributed by atoms with Crippen LogP contribution in [0.5, 0.6) is 0 Å². The van der Waals surface area contributed by atoms with Gasteiger partial charge in [-0.15, -0.1) is 0 Å². The number of benzene rings is 1. The van der Waals surface area contributed by atoms with Crippen molar-refractivity contribution in [1.29, 1.82) is 0 Å². The number of aromatic carboxylic acids is 1. The fourth-order valence-corrected chi connectivity index (χ4v) is 4.01. The molecule has 7 heteroatoms. The Morgan fingerprint density at radius 1 is 1.24 bits per heavy atom. The molecule has 1 aromatic rings. The minimum Gasteiger partial charge on any atom is -0.478 e. The average molecular weight is 313 g/mol. The normalized spacial score (nSPS) is 16.9. The van der Waals surface area contributed by atoms with E-state index in [2.05, 4.69) is 4.72 Å². The third-order valence-corrected chi connectivity index (χ3v) is 5.25. The van der Waals surface area contributed by atoms with Crippen LogP contribution in [-0.2, 0) is 14.8 Å². The molecule has 6 nitrogen and oxygen atoms in total. The van der Waals surface area contributed by atoms with Crippen molar-refractivity contribution in [2.45, 2.75) is 37.6 Å². The molecule has 0 bridgehead atoms. The van der Waals surface area contributed by atoms with Gasteiger partial charge in [-0.1, -0.05) is 6.07 Å². The van der Waals surface area contributed by atoms with Crippen LogP contribution in [-0.4, -0.2) is 38.7 Å². The quantitative estimate of drug-likeness (QED) is 0.878. The van der Waals surface area contributed by atoms with Gasteiger partial charge in [0.1, 0.15) is 0 Å². The molecule has 1 saturated heterocycles. The molecule has 2 rings (SSSR count). The maximum absolute atomic E-state index is 12.5. The first-order chi connectivity index (χ1) is 9.81. The van der Waals surface area contributed by atoms with Gasteiger partial charge in [0.25, 0.3) is 0 Å². The highest BCUT2D eigenvalue weighted by atomic mass is 32.2. The molecule has 0 atom stereocenters. The first-order valence-corrected chi connectivity index (χ1v) is 8.24. The molecule has 0 radical (unpaired) electrons. The van der Waals surface area contributed by atoms with E-state index >= 15 is 0 Å². The number of carboxylic acid groups (broad SMARTS) is 1. The number of ether oxygens (including phenoxy) is 1. The van der Waals surface area contributed by atoms with Crippen molar-refractivity contribution < 1.29 is 23.1 Å². The molecule has 0 amide bonds. The number of hydrogen-bond acceptors (Lipinski definition) is 4. The summed E-state index contributed by atoms with van der Waals surface area (Å²) in [5.74, 6) is -1.13. The van der Waals surface area contributed by atoms with Gasteiger partial charge in [0.2, 0.25) is 10.0 Å². The van der Waals surface area contributed by atoms with Gasteiger partial charge in [-0.2, -0.15) is 0 Å². The maximum Gasteiger partial charge on any atom is 0.335 e. The van der Waals surface area contributed by atoms with Crippen LogP contribution in [0.3, 0.4) is 0 Å². The van der Waals surface area contributed by atoms with E-state index < -0.39 is 16.0 Å². The molecule has 116 valence electrons. The van der Waals surface area contributed by atoms with Crippen molar-refractivity contribution in [2.24, 2.45) is 0 Å². The molecule has 1 aromatic carbocycles. The average Bonchev–Trinajstić information content (AvgIpc) is 2.38. The van der Waals surface area contributed by atoms with Crippen molar-refractivity contribution in [1.82, 2.24) is 4.72 Å². The molecule has 1 fully saturated rings. The second kappa shape index (κ2) is 6.13. The highest BCUT2D eigenvalue weighted by Crippen LogP contribution is 2.22. The fourth-order valence-electron chi connectivity index (χ4n) is 2.45. The molecule has 2 N–H and O–H groups in total. The van der Waals surface area contributed by atoms with Crippen molar-refractivity contribution in [3.8, 4) is 0 Å². The Morgan fingerprint density at radius 2 is 1.86 bits per heavy atom. The van der Waals surface area contributed by atoms with Crippen LogP contribution in [0.4, 0.5) is 0 Å². The van der Waals surface area contributed by atoms with Crippen molar-refractivity contribution in [3.05, 3.63) is 28.8 Å². The minimum atomic E-state index is -3.73. The Hall–Kier alpha value is -1.44. The minimum absolute atomic E-state index is 0.00736. The highest BCUT2D eigenvalue weighted by Gasteiger charge is 2.25. The lowest BCUT2D eigenvalue weighted by Crippen LogP contribution is -2.39. The second-order valence-corrected chi connectivity index (χ2v) is 6.93. The number of hydrogen-bond donors (Lipinski definition) is 2. The van der Waals surface area contributed by atoms with Gasteiger partial charge in [-0.05, 0) is 43.9 Å². The lowest BCUT2D eigenvalue weighted by atomic mass is 10.1. The molecule has 21 heavy (non-hydrogen) atoms. The third kappa shape index (κ3) is 3.61. The highest BCUT2D eigenvalue weighted by molar-refractivity contribution is 7.89.